The molecule has 0 radical (unpaired) electrons. The molecule has 0 aliphatic carbocycles. The summed E-state index contributed by atoms with van der Waals surface area (Å²) in [6, 6.07) is 17.5. The molecule has 0 spiro atoms. The zero-order valence-corrected chi connectivity index (χ0v) is 18.4. The Hall–Kier alpha value is -2.79. The van der Waals surface area contributed by atoms with Crippen molar-refractivity contribution in [1.29, 1.82) is 0 Å². The third-order valence-electron chi connectivity index (χ3n) is 4.74. The van der Waals surface area contributed by atoms with Gasteiger partial charge in [-0.1, -0.05) is 82.3 Å². The molecule has 0 aliphatic rings. The van der Waals surface area contributed by atoms with Gasteiger partial charge >= 0.3 is 0 Å². The van der Waals surface area contributed by atoms with Crippen molar-refractivity contribution in [2.45, 2.75) is 40.5 Å². The lowest BCUT2D eigenvalue weighted by molar-refractivity contribution is -0.124. The minimum Gasteiger partial charge on any atom is -0.301 e. The number of amides is 1. The second-order valence-corrected chi connectivity index (χ2v) is 7.93. The van der Waals surface area contributed by atoms with Crippen LogP contribution in [0.3, 0.4) is 0 Å². The van der Waals surface area contributed by atoms with Crippen LogP contribution in [0.2, 0.25) is 0 Å². The van der Waals surface area contributed by atoms with Crippen LogP contribution in [-0.4, -0.2) is 16.7 Å². The van der Waals surface area contributed by atoms with Crippen LogP contribution in [0.5, 0.6) is 0 Å². The van der Waals surface area contributed by atoms with Crippen LogP contribution < -0.4 is 5.32 Å². The summed E-state index contributed by atoms with van der Waals surface area (Å²) in [5.74, 6) is -0.236. The van der Waals surface area contributed by atoms with E-state index in [4.69, 9.17) is 0 Å². The van der Waals surface area contributed by atoms with Crippen molar-refractivity contribution in [2.24, 2.45) is 5.41 Å². The van der Waals surface area contributed by atoms with E-state index >= 15 is 0 Å². The molecule has 1 heterocycles. The highest BCUT2D eigenvalue weighted by molar-refractivity contribution is 7.13. The van der Waals surface area contributed by atoms with Crippen molar-refractivity contribution in [2.75, 3.05) is 5.32 Å². The minimum atomic E-state index is -0.731. The second-order valence-electron chi connectivity index (χ2n) is 7.03. The molecule has 1 N–H and O–H groups in total. The molecule has 0 saturated carbocycles. The molecule has 29 heavy (non-hydrogen) atoms. The van der Waals surface area contributed by atoms with Gasteiger partial charge in [0.2, 0.25) is 5.91 Å². The number of rotatable bonds is 6. The Morgan fingerprint density at radius 1 is 0.966 bits per heavy atom. The molecule has 152 valence electrons. The molecule has 3 aromatic rings. The first kappa shape index (κ1) is 22.5. The SMILES string of the molecule is CC.CC(=O)c1ccc(C(c2ccccc2)C(C)(C)C(=O)Nc2nccs2)cc1. The van der Waals surface area contributed by atoms with E-state index < -0.39 is 5.41 Å². The summed E-state index contributed by atoms with van der Waals surface area (Å²) in [4.78, 5) is 28.9. The van der Waals surface area contributed by atoms with Gasteiger partial charge in [-0.15, -0.1) is 11.3 Å². The summed E-state index contributed by atoms with van der Waals surface area (Å²) in [6.07, 6.45) is 1.67. The van der Waals surface area contributed by atoms with E-state index in [1.807, 2.05) is 87.7 Å². The fourth-order valence-corrected chi connectivity index (χ4v) is 3.78. The van der Waals surface area contributed by atoms with Crippen LogP contribution in [0, 0.1) is 5.41 Å². The number of hydrogen-bond donors (Lipinski definition) is 1. The zero-order valence-electron chi connectivity index (χ0n) is 17.6. The van der Waals surface area contributed by atoms with Gasteiger partial charge in [0.05, 0.1) is 5.41 Å². The lowest BCUT2D eigenvalue weighted by Crippen LogP contribution is -2.37. The van der Waals surface area contributed by atoms with Crippen molar-refractivity contribution in [3.8, 4) is 0 Å². The van der Waals surface area contributed by atoms with Crippen LogP contribution in [0.1, 0.15) is 62.0 Å². The Morgan fingerprint density at radius 2 is 1.55 bits per heavy atom. The van der Waals surface area contributed by atoms with E-state index in [9.17, 15) is 9.59 Å². The standard InChI is InChI=1S/C22H22N2O2S.C2H6/c1-15(25)16-9-11-18(12-10-16)19(17-7-5-4-6-8-17)22(2,3)20(26)24-21-23-13-14-27-21;1-2/h4-14,19H,1-3H3,(H,23,24,26);1-2H3. The largest absolute Gasteiger partial charge is 0.301 e. The Morgan fingerprint density at radius 3 is 2.07 bits per heavy atom. The fourth-order valence-electron chi connectivity index (χ4n) is 3.26. The Labute approximate surface area is 177 Å². The molecule has 1 unspecified atom stereocenters. The Kier molecular flexibility index (Phi) is 7.85. The van der Waals surface area contributed by atoms with Gasteiger partial charge in [-0.05, 0) is 18.1 Å². The number of thiazole rings is 1. The van der Waals surface area contributed by atoms with E-state index in [1.54, 1.807) is 13.1 Å². The number of nitrogens with one attached hydrogen (secondary N) is 1. The molecule has 0 fully saturated rings. The van der Waals surface area contributed by atoms with E-state index in [0.717, 1.165) is 11.1 Å². The van der Waals surface area contributed by atoms with Gasteiger partial charge in [0.1, 0.15) is 0 Å². The molecule has 4 nitrogen and oxygen atoms in total. The third kappa shape index (κ3) is 5.39. The maximum atomic E-state index is 13.1. The molecule has 3 rings (SSSR count). The summed E-state index contributed by atoms with van der Waals surface area (Å²) in [6.45, 7) is 9.42. The average Bonchev–Trinajstić information content (AvgIpc) is 3.24. The number of anilines is 1. The predicted octanol–water partition coefficient (Wildman–Crippen LogP) is 6.17. The number of nitrogens with zero attached hydrogens (tertiary/aromatic N) is 1. The van der Waals surface area contributed by atoms with E-state index in [2.05, 4.69) is 10.3 Å². The van der Waals surface area contributed by atoms with Gasteiger partial charge in [0, 0.05) is 23.1 Å². The van der Waals surface area contributed by atoms with Crippen LogP contribution in [0.25, 0.3) is 0 Å². The lowest BCUT2D eigenvalue weighted by atomic mass is 9.70. The van der Waals surface area contributed by atoms with Crippen LogP contribution in [-0.2, 0) is 4.79 Å². The first-order valence-corrected chi connectivity index (χ1v) is 10.6. The topological polar surface area (TPSA) is 59.1 Å². The highest BCUT2D eigenvalue weighted by atomic mass is 32.1. The Balaban J connectivity index is 0.00000145. The van der Waals surface area contributed by atoms with E-state index in [-0.39, 0.29) is 17.6 Å². The first-order valence-electron chi connectivity index (χ1n) is 9.76. The number of ketones is 1. The van der Waals surface area contributed by atoms with Gasteiger partial charge in [-0.2, -0.15) is 0 Å². The fraction of sp³-hybridized carbons (Fsp3) is 0.292. The van der Waals surface area contributed by atoms with Crippen molar-refractivity contribution >= 4 is 28.2 Å². The van der Waals surface area contributed by atoms with Crippen LogP contribution in [0.15, 0.2) is 66.2 Å². The Bertz CT molecular complexity index is 917. The quantitative estimate of drug-likeness (QED) is 0.496. The number of carbonyl (C=O) groups is 2. The zero-order chi connectivity index (χ0) is 21.4. The molecule has 0 bridgehead atoms. The smallest absolute Gasteiger partial charge is 0.232 e. The molecule has 1 atom stereocenters. The van der Waals surface area contributed by atoms with E-state index in [1.165, 1.54) is 11.3 Å². The number of benzene rings is 2. The van der Waals surface area contributed by atoms with Gasteiger partial charge in [0.25, 0.3) is 0 Å². The summed E-state index contributed by atoms with van der Waals surface area (Å²) < 4.78 is 0. The molecular formula is C24H28N2O2S. The molecular weight excluding hydrogens is 380 g/mol. The maximum absolute atomic E-state index is 13.1. The second kappa shape index (κ2) is 10.1. The van der Waals surface area contributed by atoms with Crippen LogP contribution in [0.4, 0.5) is 5.13 Å². The summed E-state index contributed by atoms with van der Waals surface area (Å²) in [7, 11) is 0. The van der Waals surface area contributed by atoms with Gasteiger partial charge in [-0.3, -0.25) is 9.59 Å². The average molecular weight is 409 g/mol. The number of carbonyl (C=O) groups excluding carboxylic acids is 2. The predicted molar refractivity (Wildman–Crippen MR) is 121 cm³/mol. The van der Waals surface area contributed by atoms with Gasteiger partial charge < -0.3 is 5.32 Å². The first-order chi connectivity index (χ1) is 13.9. The number of aromatic nitrogens is 1. The third-order valence-corrected chi connectivity index (χ3v) is 5.43. The van der Waals surface area contributed by atoms with Crippen molar-refractivity contribution in [3.05, 3.63) is 82.9 Å². The molecule has 0 aliphatic heterocycles. The molecule has 1 aromatic heterocycles. The van der Waals surface area contributed by atoms with Crippen molar-refractivity contribution < 1.29 is 9.59 Å². The lowest BCUT2D eigenvalue weighted by Gasteiger charge is -2.34. The maximum Gasteiger partial charge on any atom is 0.232 e. The summed E-state index contributed by atoms with van der Waals surface area (Å²) >= 11 is 1.40. The molecule has 1 amide bonds. The summed E-state index contributed by atoms with van der Waals surface area (Å²) in [5, 5.41) is 5.35. The monoisotopic (exact) mass is 408 g/mol. The van der Waals surface area contributed by atoms with Crippen molar-refractivity contribution in [1.82, 2.24) is 4.98 Å². The normalized spacial score (nSPS) is 11.8. The minimum absolute atomic E-state index is 0.0265. The van der Waals surface area contributed by atoms with Crippen LogP contribution >= 0.6 is 11.3 Å². The number of Topliss-reactive ketones (excluding diaryl/α,β-unsaturated/α-hetero) is 1. The highest BCUT2D eigenvalue weighted by Crippen LogP contribution is 2.42. The molecule has 2 aromatic carbocycles. The number of hydrogen-bond acceptors (Lipinski definition) is 4. The van der Waals surface area contributed by atoms with Gasteiger partial charge in [-0.25, -0.2) is 4.98 Å². The summed E-state index contributed by atoms with van der Waals surface area (Å²) in [5.41, 5.74) is 1.97. The molecule has 0 saturated heterocycles. The van der Waals surface area contributed by atoms with Gasteiger partial charge in [0.15, 0.2) is 10.9 Å². The van der Waals surface area contributed by atoms with Crippen molar-refractivity contribution in [3.63, 3.8) is 0 Å². The van der Waals surface area contributed by atoms with E-state index in [0.29, 0.717) is 10.7 Å². The molecule has 5 heteroatoms. The highest BCUT2D eigenvalue weighted by Gasteiger charge is 2.39.